The van der Waals surface area contributed by atoms with Gasteiger partial charge in [0.1, 0.15) is 5.75 Å². The summed E-state index contributed by atoms with van der Waals surface area (Å²) in [4.78, 5) is 4.19. The van der Waals surface area contributed by atoms with Crippen LogP contribution in [0.25, 0.3) is 10.9 Å². The zero-order valence-electron chi connectivity index (χ0n) is 12.4. The first-order chi connectivity index (χ1) is 10.9. The Labute approximate surface area is 131 Å². The number of hydrogen-bond donors (Lipinski definition) is 2. The standard InChI is InChI=1S/C16H18F3N3O/c17-16(18,19)23-12-5-6-14-13(9-12)15(7-8-21-14)22-11-3-1-10(20)2-4-11/h5-11H,1-4,20H2,(H,21,22). The molecule has 0 aliphatic heterocycles. The Bertz CT molecular complexity index is 682. The summed E-state index contributed by atoms with van der Waals surface area (Å²) in [5.41, 5.74) is 7.29. The predicted molar refractivity (Wildman–Crippen MR) is 82.3 cm³/mol. The number of rotatable bonds is 3. The van der Waals surface area contributed by atoms with Crippen molar-refractivity contribution in [2.45, 2.75) is 44.1 Å². The Balaban J connectivity index is 1.85. The topological polar surface area (TPSA) is 60.2 Å². The molecule has 23 heavy (non-hydrogen) atoms. The number of benzene rings is 1. The molecule has 0 radical (unpaired) electrons. The Morgan fingerprint density at radius 2 is 1.87 bits per heavy atom. The Morgan fingerprint density at radius 3 is 2.57 bits per heavy atom. The highest BCUT2D eigenvalue weighted by molar-refractivity contribution is 5.92. The summed E-state index contributed by atoms with van der Waals surface area (Å²) in [7, 11) is 0. The lowest BCUT2D eigenvalue weighted by molar-refractivity contribution is -0.274. The van der Waals surface area contributed by atoms with Crippen LogP contribution >= 0.6 is 0 Å². The van der Waals surface area contributed by atoms with Crippen molar-refractivity contribution in [3.05, 3.63) is 30.5 Å². The molecule has 1 aliphatic carbocycles. The van der Waals surface area contributed by atoms with Gasteiger partial charge >= 0.3 is 6.36 Å². The molecule has 0 unspecified atom stereocenters. The lowest BCUT2D eigenvalue weighted by Crippen LogP contribution is -2.32. The monoisotopic (exact) mass is 325 g/mol. The second kappa shape index (κ2) is 6.23. The molecule has 0 atom stereocenters. The molecule has 3 rings (SSSR count). The van der Waals surface area contributed by atoms with Gasteiger partial charge in [-0.05, 0) is 49.9 Å². The first-order valence-corrected chi connectivity index (χ1v) is 7.57. The van der Waals surface area contributed by atoms with Gasteiger partial charge in [0.15, 0.2) is 0 Å². The van der Waals surface area contributed by atoms with Crippen LogP contribution in [0.3, 0.4) is 0 Å². The van der Waals surface area contributed by atoms with E-state index < -0.39 is 6.36 Å². The second-order valence-corrected chi connectivity index (χ2v) is 5.84. The fourth-order valence-corrected chi connectivity index (χ4v) is 2.93. The summed E-state index contributed by atoms with van der Waals surface area (Å²) in [5, 5.41) is 4.02. The van der Waals surface area contributed by atoms with E-state index in [0.29, 0.717) is 10.9 Å². The van der Waals surface area contributed by atoms with Crippen LogP contribution in [0.15, 0.2) is 30.5 Å². The number of nitrogens with one attached hydrogen (secondary N) is 1. The zero-order valence-corrected chi connectivity index (χ0v) is 12.4. The highest BCUT2D eigenvalue weighted by Gasteiger charge is 2.31. The molecule has 124 valence electrons. The molecule has 0 bridgehead atoms. The minimum absolute atomic E-state index is 0.244. The summed E-state index contributed by atoms with van der Waals surface area (Å²) >= 11 is 0. The smallest absolute Gasteiger partial charge is 0.406 e. The van der Waals surface area contributed by atoms with Crippen LogP contribution in [0.4, 0.5) is 18.9 Å². The fourth-order valence-electron chi connectivity index (χ4n) is 2.93. The molecule has 1 aromatic heterocycles. The number of nitrogens with two attached hydrogens (primary N) is 1. The Kier molecular flexibility index (Phi) is 4.30. The number of alkyl halides is 3. The Hall–Kier alpha value is -2.02. The van der Waals surface area contributed by atoms with E-state index in [0.717, 1.165) is 31.4 Å². The third-order valence-corrected chi connectivity index (χ3v) is 4.08. The molecule has 7 heteroatoms. The van der Waals surface area contributed by atoms with Crippen LogP contribution in [-0.2, 0) is 0 Å². The van der Waals surface area contributed by atoms with E-state index in [1.807, 2.05) is 0 Å². The predicted octanol–water partition coefficient (Wildman–Crippen LogP) is 3.82. The lowest BCUT2D eigenvalue weighted by Gasteiger charge is -2.28. The first-order valence-electron chi connectivity index (χ1n) is 7.57. The highest BCUT2D eigenvalue weighted by atomic mass is 19.4. The van der Waals surface area contributed by atoms with E-state index in [1.54, 1.807) is 12.3 Å². The molecule has 1 fully saturated rings. The molecular weight excluding hydrogens is 307 g/mol. The lowest BCUT2D eigenvalue weighted by atomic mass is 9.91. The van der Waals surface area contributed by atoms with Gasteiger partial charge in [0.05, 0.1) is 5.52 Å². The molecule has 0 spiro atoms. The van der Waals surface area contributed by atoms with Crippen molar-refractivity contribution in [3.8, 4) is 5.75 Å². The Morgan fingerprint density at radius 1 is 1.13 bits per heavy atom. The molecular formula is C16H18F3N3O. The van der Waals surface area contributed by atoms with E-state index in [9.17, 15) is 13.2 Å². The molecule has 1 heterocycles. The van der Waals surface area contributed by atoms with Gasteiger partial charge in [-0.3, -0.25) is 4.98 Å². The minimum atomic E-state index is -4.71. The normalized spacial score (nSPS) is 22.1. The summed E-state index contributed by atoms with van der Waals surface area (Å²) in [5.74, 6) is -0.244. The number of aromatic nitrogens is 1. The largest absolute Gasteiger partial charge is 0.573 e. The van der Waals surface area contributed by atoms with Crippen LogP contribution in [0.1, 0.15) is 25.7 Å². The van der Waals surface area contributed by atoms with E-state index in [1.165, 1.54) is 18.2 Å². The second-order valence-electron chi connectivity index (χ2n) is 5.84. The van der Waals surface area contributed by atoms with Crippen LogP contribution in [-0.4, -0.2) is 23.4 Å². The summed E-state index contributed by atoms with van der Waals surface area (Å²) in [6, 6.07) is 6.45. The van der Waals surface area contributed by atoms with E-state index in [-0.39, 0.29) is 17.8 Å². The third kappa shape index (κ3) is 4.04. The first kappa shape index (κ1) is 15.9. The molecule has 2 aromatic rings. The van der Waals surface area contributed by atoms with Gasteiger partial charge in [-0.15, -0.1) is 13.2 Å². The van der Waals surface area contributed by atoms with E-state index >= 15 is 0 Å². The van der Waals surface area contributed by atoms with Crippen molar-refractivity contribution in [2.75, 3.05) is 5.32 Å². The highest BCUT2D eigenvalue weighted by Crippen LogP contribution is 2.31. The van der Waals surface area contributed by atoms with Crippen molar-refractivity contribution in [1.82, 2.24) is 4.98 Å². The van der Waals surface area contributed by atoms with Crippen molar-refractivity contribution in [3.63, 3.8) is 0 Å². The van der Waals surface area contributed by atoms with E-state index in [4.69, 9.17) is 5.73 Å². The minimum Gasteiger partial charge on any atom is -0.406 e. The average molecular weight is 325 g/mol. The molecule has 0 amide bonds. The van der Waals surface area contributed by atoms with Gasteiger partial charge in [0.25, 0.3) is 0 Å². The van der Waals surface area contributed by atoms with Gasteiger partial charge < -0.3 is 15.8 Å². The van der Waals surface area contributed by atoms with Gasteiger partial charge in [-0.1, -0.05) is 0 Å². The van der Waals surface area contributed by atoms with Gasteiger partial charge in [-0.2, -0.15) is 0 Å². The molecule has 4 nitrogen and oxygen atoms in total. The third-order valence-electron chi connectivity index (χ3n) is 4.08. The zero-order chi connectivity index (χ0) is 16.4. The van der Waals surface area contributed by atoms with Crippen molar-refractivity contribution >= 4 is 16.6 Å². The molecule has 1 aliphatic rings. The molecule has 1 aromatic carbocycles. The quantitative estimate of drug-likeness (QED) is 0.901. The van der Waals surface area contributed by atoms with Crippen LogP contribution in [0.5, 0.6) is 5.75 Å². The summed E-state index contributed by atoms with van der Waals surface area (Å²) in [6.45, 7) is 0. The van der Waals surface area contributed by atoms with Crippen molar-refractivity contribution < 1.29 is 17.9 Å². The average Bonchev–Trinajstić information content (AvgIpc) is 2.48. The molecule has 3 N–H and O–H groups in total. The van der Waals surface area contributed by atoms with Crippen LogP contribution < -0.4 is 15.8 Å². The van der Waals surface area contributed by atoms with Gasteiger partial charge in [0.2, 0.25) is 0 Å². The SMILES string of the molecule is NC1CCC(Nc2ccnc3ccc(OC(F)(F)F)cc23)CC1. The number of ether oxygens (including phenoxy) is 1. The number of hydrogen-bond acceptors (Lipinski definition) is 4. The number of pyridine rings is 1. The molecule has 0 saturated heterocycles. The fraction of sp³-hybridized carbons (Fsp3) is 0.438. The number of anilines is 1. The van der Waals surface area contributed by atoms with Gasteiger partial charge in [-0.25, -0.2) is 0 Å². The van der Waals surface area contributed by atoms with Crippen molar-refractivity contribution in [1.29, 1.82) is 0 Å². The molecule has 1 saturated carbocycles. The van der Waals surface area contributed by atoms with Crippen molar-refractivity contribution in [2.24, 2.45) is 5.73 Å². The van der Waals surface area contributed by atoms with Crippen LogP contribution in [0, 0.1) is 0 Å². The maximum Gasteiger partial charge on any atom is 0.573 e. The summed E-state index contributed by atoms with van der Waals surface area (Å²) in [6.07, 6.45) is 0.728. The van der Waals surface area contributed by atoms with Crippen LogP contribution in [0.2, 0.25) is 0 Å². The van der Waals surface area contributed by atoms with E-state index in [2.05, 4.69) is 15.0 Å². The number of nitrogens with zero attached hydrogens (tertiary/aromatic N) is 1. The maximum absolute atomic E-state index is 12.4. The maximum atomic E-state index is 12.4. The summed E-state index contributed by atoms with van der Waals surface area (Å²) < 4.78 is 41.2. The number of fused-ring (bicyclic) bond motifs is 1. The number of halogens is 3. The van der Waals surface area contributed by atoms with Gasteiger partial charge in [0, 0.05) is 29.4 Å².